The quantitative estimate of drug-likeness (QED) is 0.836. The summed E-state index contributed by atoms with van der Waals surface area (Å²) < 4.78 is 37.6. The molecule has 7 heteroatoms. The number of halogens is 3. The Labute approximate surface area is 137 Å². The van der Waals surface area contributed by atoms with E-state index in [0.29, 0.717) is 12.5 Å². The molecule has 126 valence electrons. The van der Waals surface area contributed by atoms with Crippen molar-refractivity contribution in [1.29, 1.82) is 0 Å². The summed E-state index contributed by atoms with van der Waals surface area (Å²) in [5, 5.41) is 0. The SMILES string of the molecule is CC(C)[C@@H]1CN(C(=O)c2cnc(C(F)(F)F)nc2)c2ccccc21. The molecule has 0 bridgehead atoms. The fourth-order valence-electron chi connectivity index (χ4n) is 2.94. The molecule has 0 spiro atoms. The molecule has 24 heavy (non-hydrogen) atoms. The van der Waals surface area contributed by atoms with Crippen LogP contribution in [0.4, 0.5) is 18.9 Å². The van der Waals surface area contributed by atoms with Gasteiger partial charge in [0.15, 0.2) is 0 Å². The minimum atomic E-state index is -4.62. The van der Waals surface area contributed by atoms with E-state index in [0.717, 1.165) is 23.6 Å². The van der Waals surface area contributed by atoms with Gasteiger partial charge in [0.25, 0.3) is 5.91 Å². The van der Waals surface area contributed by atoms with Gasteiger partial charge in [-0.2, -0.15) is 13.2 Å². The number of alkyl halides is 3. The molecule has 1 aliphatic rings. The highest BCUT2D eigenvalue weighted by Crippen LogP contribution is 2.40. The highest BCUT2D eigenvalue weighted by atomic mass is 19.4. The Bertz CT molecular complexity index is 756. The lowest BCUT2D eigenvalue weighted by molar-refractivity contribution is -0.145. The second kappa shape index (κ2) is 5.89. The number of benzene rings is 1. The van der Waals surface area contributed by atoms with Gasteiger partial charge in [0.05, 0.1) is 5.56 Å². The zero-order valence-electron chi connectivity index (χ0n) is 13.2. The van der Waals surface area contributed by atoms with Crippen molar-refractivity contribution < 1.29 is 18.0 Å². The molecule has 0 unspecified atom stereocenters. The molecule has 1 aromatic carbocycles. The van der Waals surface area contributed by atoms with Crippen LogP contribution in [-0.4, -0.2) is 22.4 Å². The molecule has 0 saturated heterocycles. The molecule has 0 saturated carbocycles. The lowest BCUT2D eigenvalue weighted by atomic mass is 9.90. The lowest BCUT2D eigenvalue weighted by Gasteiger charge is -2.19. The second-order valence-corrected chi connectivity index (χ2v) is 6.12. The van der Waals surface area contributed by atoms with Gasteiger partial charge < -0.3 is 4.90 Å². The van der Waals surface area contributed by atoms with Crippen molar-refractivity contribution in [2.45, 2.75) is 25.9 Å². The number of amides is 1. The van der Waals surface area contributed by atoms with E-state index < -0.39 is 12.0 Å². The first-order valence-corrected chi connectivity index (χ1v) is 7.59. The lowest BCUT2D eigenvalue weighted by Crippen LogP contribution is -2.31. The van der Waals surface area contributed by atoms with E-state index in [1.54, 1.807) is 4.90 Å². The number of hydrogen-bond acceptors (Lipinski definition) is 3. The van der Waals surface area contributed by atoms with Gasteiger partial charge in [-0.1, -0.05) is 32.0 Å². The number of anilines is 1. The van der Waals surface area contributed by atoms with Gasteiger partial charge in [0, 0.05) is 30.5 Å². The number of carbonyl (C=O) groups excluding carboxylic acids is 1. The number of fused-ring (bicyclic) bond motifs is 1. The average Bonchev–Trinajstić information content (AvgIpc) is 2.93. The van der Waals surface area contributed by atoms with E-state index in [4.69, 9.17) is 0 Å². The first kappa shape index (κ1) is 16.4. The summed E-state index contributed by atoms with van der Waals surface area (Å²) in [6, 6.07) is 7.59. The Morgan fingerprint density at radius 2 is 1.83 bits per heavy atom. The van der Waals surface area contributed by atoms with Gasteiger partial charge in [-0.15, -0.1) is 0 Å². The number of aromatic nitrogens is 2. The minimum absolute atomic E-state index is 0.0437. The molecule has 1 aliphatic heterocycles. The summed E-state index contributed by atoms with van der Waals surface area (Å²) >= 11 is 0. The van der Waals surface area contributed by atoms with Crippen LogP contribution in [0.5, 0.6) is 0 Å². The van der Waals surface area contributed by atoms with Crippen molar-refractivity contribution in [2.75, 3.05) is 11.4 Å². The van der Waals surface area contributed by atoms with Gasteiger partial charge in [0.1, 0.15) is 0 Å². The first-order valence-electron chi connectivity index (χ1n) is 7.59. The third-order valence-electron chi connectivity index (χ3n) is 4.21. The molecule has 2 aromatic rings. The van der Waals surface area contributed by atoms with Crippen molar-refractivity contribution in [3.05, 3.63) is 53.6 Å². The number of nitrogens with zero attached hydrogens (tertiary/aromatic N) is 3. The van der Waals surface area contributed by atoms with Crippen molar-refractivity contribution in [2.24, 2.45) is 5.92 Å². The average molecular weight is 335 g/mol. The monoisotopic (exact) mass is 335 g/mol. The highest BCUT2D eigenvalue weighted by molar-refractivity contribution is 6.07. The van der Waals surface area contributed by atoms with Gasteiger partial charge in [0.2, 0.25) is 5.82 Å². The molecule has 0 fully saturated rings. The Kier molecular flexibility index (Phi) is 4.03. The maximum atomic E-state index is 12.7. The van der Waals surface area contributed by atoms with E-state index in [-0.39, 0.29) is 17.4 Å². The number of hydrogen-bond donors (Lipinski definition) is 0. The summed E-state index contributed by atoms with van der Waals surface area (Å²) in [5.74, 6) is -1.10. The van der Waals surface area contributed by atoms with E-state index in [2.05, 4.69) is 23.8 Å². The molecule has 1 aromatic heterocycles. The van der Waals surface area contributed by atoms with Gasteiger partial charge in [-0.25, -0.2) is 9.97 Å². The van der Waals surface area contributed by atoms with E-state index in [1.807, 2.05) is 24.3 Å². The summed E-state index contributed by atoms with van der Waals surface area (Å²) in [5.41, 5.74) is 1.91. The molecule has 0 radical (unpaired) electrons. The zero-order chi connectivity index (χ0) is 17.5. The summed E-state index contributed by atoms with van der Waals surface area (Å²) in [7, 11) is 0. The highest BCUT2D eigenvalue weighted by Gasteiger charge is 2.36. The molecular weight excluding hydrogens is 319 g/mol. The smallest absolute Gasteiger partial charge is 0.307 e. The standard InChI is InChI=1S/C17H16F3N3O/c1-10(2)13-9-23(14-6-4-3-5-12(13)14)15(24)11-7-21-16(22-8-11)17(18,19)20/h3-8,10,13H,9H2,1-2H3/t13-/m0/s1. The molecular formula is C17H16F3N3O. The fourth-order valence-corrected chi connectivity index (χ4v) is 2.94. The minimum Gasteiger partial charge on any atom is -0.307 e. The van der Waals surface area contributed by atoms with E-state index >= 15 is 0 Å². The molecule has 0 N–H and O–H groups in total. The summed E-state index contributed by atoms with van der Waals surface area (Å²) in [6.45, 7) is 4.66. The van der Waals surface area contributed by atoms with Crippen molar-refractivity contribution in [1.82, 2.24) is 9.97 Å². The first-order chi connectivity index (χ1) is 11.3. The number of rotatable bonds is 2. The van der Waals surface area contributed by atoms with Crippen LogP contribution in [0.3, 0.4) is 0 Å². The predicted molar refractivity (Wildman–Crippen MR) is 82.7 cm³/mol. The van der Waals surface area contributed by atoms with Crippen molar-refractivity contribution >= 4 is 11.6 Å². The van der Waals surface area contributed by atoms with Crippen LogP contribution < -0.4 is 4.90 Å². The van der Waals surface area contributed by atoms with Gasteiger partial charge in [-0.3, -0.25) is 4.79 Å². The molecule has 1 amide bonds. The van der Waals surface area contributed by atoms with Crippen molar-refractivity contribution in [3.63, 3.8) is 0 Å². The third-order valence-corrected chi connectivity index (χ3v) is 4.21. The molecule has 3 rings (SSSR count). The Morgan fingerprint density at radius 1 is 1.21 bits per heavy atom. The summed E-state index contributed by atoms with van der Waals surface area (Å²) in [6.07, 6.45) is -2.75. The zero-order valence-corrected chi connectivity index (χ0v) is 13.2. The predicted octanol–water partition coefficient (Wildman–Crippen LogP) is 3.90. The molecule has 0 aliphatic carbocycles. The third kappa shape index (κ3) is 2.86. The second-order valence-electron chi connectivity index (χ2n) is 6.12. The van der Waals surface area contributed by atoms with Crippen molar-refractivity contribution in [3.8, 4) is 0 Å². The Hall–Kier alpha value is -2.44. The molecule has 4 nitrogen and oxygen atoms in total. The van der Waals surface area contributed by atoms with E-state index in [1.165, 1.54) is 0 Å². The number of para-hydroxylation sites is 1. The van der Waals surface area contributed by atoms with Crippen LogP contribution in [0.2, 0.25) is 0 Å². The van der Waals surface area contributed by atoms with Crippen LogP contribution >= 0.6 is 0 Å². The van der Waals surface area contributed by atoms with Crippen LogP contribution in [-0.2, 0) is 6.18 Å². The normalized spacial score (nSPS) is 17.2. The van der Waals surface area contributed by atoms with Gasteiger partial charge >= 0.3 is 6.18 Å². The number of carbonyl (C=O) groups is 1. The Morgan fingerprint density at radius 3 is 2.42 bits per heavy atom. The summed E-state index contributed by atoms with van der Waals surface area (Å²) in [4.78, 5) is 20.8. The van der Waals surface area contributed by atoms with Crippen LogP contribution in [0, 0.1) is 5.92 Å². The maximum Gasteiger partial charge on any atom is 0.451 e. The van der Waals surface area contributed by atoms with Crippen LogP contribution in [0.15, 0.2) is 36.7 Å². The molecule has 2 heterocycles. The maximum absolute atomic E-state index is 12.7. The Balaban J connectivity index is 1.91. The van der Waals surface area contributed by atoms with Crippen LogP contribution in [0.25, 0.3) is 0 Å². The van der Waals surface area contributed by atoms with E-state index in [9.17, 15) is 18.0 Å². The van der Waals surface area contributed by atoms with Gasteiger partial charge in [-0.05, 0) is 17.5 Å². The topological polar surface area (TPSA) is 46.1 Å². The largest absolute Gasteiger partial charge is 0.451 e. The van der Waals surface area contributed by atoms with Crippen LogP contribution in [0.1, 0.15) is 41.5 Å². The molecule has 1 atom stereocenters. The fraction of sp³-hybridized carbons (Fsp3) is 0.353.